The highest BCUT2D eigenvalue weighted by molar-refractivity contribution is 6.08. The number of carbonyl (C=O) groups is 2. The molecular formula is C32H27N5O2. The van der Waals surface area contributed by atoms with Gasteiger partial charge in [-0.15, -0.1) is 0 Å². The molecule has 0 bridgehead atoms. The van der Waals surface area contributed by atoms with E-state index < -0.39 is 0 Å². The summed E-state index contributed by atoms with van der Waals surface area (Å²) in [6.07, 6.45) is 4.11. The lowest BCUT2D eigenvalue weighted by Crippen LogP contribution is -2.20. The predicted molar refractivity (Wildman–Crippen MR) is 155 cm³/mol. The Morgan fingerprint density at radius 1 is 0.821 bits per heavy atom. The predicted octanol–water partition coefficient (Wildman–Crippen LogP) is 6.27. The summed E-state index contributed by atoms with van der Waals surface area (Å²) in [5, 5.41) is 7.95. The summed E-state index contributed by atoms with van der Waals surface area (Å²) in [4.78, 5) is 34.4. The van der Waals surface area contributed by atoms with Crippen LogP contribution in [0.15, 0.2) is 108 Å². The zero-order chi connectivity index (χ0) is 27.2. The van der Waals surface area contributed by atoms with Gasteiger partial charge in [-0.1, -0.05) is 61.5 Å². The number of hydrogen-bond acceptors (Lipinski definition) is 5. The lowest BCUT2D eigenvalue weighted by Gasteiger charge is -2.10. The van der Waals surface area contributed by atoms with E-state index in [9.17, 15) is 9.59 Å². The molecule has 5 rings (SSSR count). The Labute approximate surface area is 226 Å². The number of para-hydroxylation sites is 1. The molecule has 3 aromatic carbocycles. The number of anilines is 1. The first kappa shape index (κ1) is 25.5. The van der Waals surface area contributed by atoms with Crippen molar-refractivity contribution in [2.24, 2.45) is 5.10 Å². The maximum absolute atomic E-state index is 13.3. The number of pyridine rings is 2. The number of hydrogen-bond donors (Lipinski definition) is 2. The number of aromatic nitrogens is 2. The van der Waals surface area contributed by atoms with Gasteiger partial charge in [-0.05, 0) is 60.9 Å². The molecule has 0 spiro atoms. The van der Waals surface area contributed by atoms with Gasteiger partial charge in [-0.2, -0.15) is 5.10 Å². The minimum Gasteiger partial charge on any atom is -0.322 e. The monoisotopic (exact) mass is 513 g/mol. The Balaban J connectivity index is 1.34. The molecule has 2 heterocycles. The van der Waals surface area contributed by atoms with Crippen molar-refractivity contribution in [1.29, 1.82) is 0 Å². The SMILES string of the molecule is CCc1ccc(-c2cc(C(=O)N/N=C(/C)c3ccc(NC(=O)c4ccncc4)cc3)c3ccccc3n2)cc1. The van der Waals surface area contributed by atoms with Crippen LogP contribution < -0.4 is 10.7 Å². The van der Waals surface area contributed by atoms with Gasteiger partial charge < -0.3 is 5.32 Å². The number of nitrogens with one attached hydrogen (secondary N) is 2. The number of carbonyl (C=O) groups excluding carboxylic acids is 2. The van der Waals surface area contributed by atoms with Crippen molar-refractivity contribution in [3.63, 3.8) is 0 Å². The van der Waals surface area contributed by atoms with E-state index >= 15 is 0 Å². The van der Waals surface area contributed by atoms with Crippen molar-refractivity contribution in [2.45, 2.75) is 20.3 Å². The van der Waals surface area contributed by atoms with Crippen LogP contribution in [0.2, 0.25) is 0 Å². The molecule has 7 nitrogen and oxygen atoms in total. The van der Waals surface area contributed by atoms with Gasteiger partial charge in [0.25, 0.3) is 11.8 Å². The first-order valence-corrected chi connectivity index (χ1v) is 12.7. The molecule has 0 atom stereocenters. The second kappa shape index (κ2) is 11.5. The Bertz CT molecular complexity index is 1660. The standard InChI is InChI=1S/C32H27N5O2/c1-3-22-8-10-24(11-9-22)30-20-28(27-6-4-5-7-29(27)35-30)32(39)37-36-21(2)23-12-14-26(15-13-23)34-31(38)25-16-18-33-19-17-25/h4-20H,3H2,1-2H3,(H,34,38)(H,37,39)/b36-21-. The summed E-state index contributed by atoms with van der Waals surface area (Å²) in [5.41, 5.74) is 9.48. The normalized spacial score (nSPS) is 11.3. The molecule has 0 aliphatic rings. The largest absolute Gasteiger partial charge is 0.322 e. The first-order valence-electron chi connectivity index (χ1n) is 12.7. The van der Waals surface area contributed by atoms with Crippen LogP contribution in [0.1, 0.15) is 45.7 Å². The Kier molecular flexibility index (Phi) is 7.50. The molecule has 39 heavy (non-hydrogen) atoms. The minimum absolute atomic E-state index is 0.215. The van der Waals surface area contributed by atoms with E-state index in [2.05, 4.69) is 39.9 Å². The molecule has 7 heteroatoms. The molecule has 2 aromatic heterocycles. The third-order valence-corrected chi connectivity index (χ3v) is 6.45. The van der Waals surface area contributed by atoms with Gasteiger partial charge in [0, 0.05) is 34.6 Å². The Hall–Kier alpha value is -5.17. The van der Waals surface area contributed by atoms with Crippen LogP contribution in [-0.2, 0) is 6.42 Å². The molecule has 0 aliphatic carbocycles. The van der Waals surface area contributed by atoms with E-state index in [1.807, 2.05) is 61.5 Å². The van der Waals surface area contributed by atoms with E-state index in [1.165, 1.54) is 5.56 Å². The fraction of sp³-hybridized carbons (Fsp3) is 0.0938. The van der Waals surface area contributed by atoms with E-state index in [0.29, 0.717) is 22.5 Å². The van der Waals surface area contributed by atoms with Crippen LogP contribution in [-0.4, -0.2) is 27.5 Å². The first-order chi connectivity index (χ1) is 19.0. The highest BCUT2D eigenvalue weighted by Gasteiger charge is 2.14. The molecule has 0 unspecified atom stereocenters. The van der Waals surface area contributed by atoms with Crippen molar-refractivity contribution in [3.8, 4) is 11.3 Å². The highest BCUT2D eigenvalue weighted by atomic mass is 16.2. The summed E-state index contributed by atoms with van der Waals surface area (Å²) < 4.78 is 0. The zero-order valence-corrected chi connectivity index (χ0v) is 21.7. The number of fused-ring (bicyclic) bond motifs is 1. The molecule has 2 N–H and O–H groups in total. The van der Waals surface area contributed by atoms with E-state index in [-0.39, 0.29) is 11.8 Å². The number of aryl methyl sites for hydroxylation is 1. The second-order valence-corrected chi connectivity index (χ2v) is 9.03. The molecular weight excluding hydrogens is 486 g/mol. The summed E-state index contributed by atoms with van der Waals surface area (Å²) in [7, 11) is 0. The van der Waals surface area contributed by atoms with Gasteiger partial charge in [0.15, 0.2) is 0 Å². The third kappa shape index (κ3) is 5.88. The van der Waals surface area contributed by atoms with Crippen molar-refractivity contribution < 1.29 is 9.59 Å². The highest BCUT2D eigenvalue weighted by Crippen LogP contribution is 2.25. The molecule has 0 saturated carbocycles. The molecule has 0 aliphatic heterocycles. The van der Waals surface area contributed by atoms with Crippen molar-refractivity contribution >= 4 is 34.1 Å². The van der Waals surface area contributed by atoms with Gasteiger partial charge >= 0.3 is 0 Å². The van der Waals surface area contributed by atoms with Gasteiger partial charge in [0.05, 0.1) is 22.5 Å². The van der Waals surface area contributed by atoms with Gasteiger partial charge in [0.2, 0.25) is 0 Å². The average Bonchev–Trinajstić information content (AvgIpc) is 3.00. The maximum atomic E-state index is 13.3. The van der Waals surface area contributed by atoms with Crippen molar-refractivity contribution in [2.75, 3.05) is 5.32 Å². The number of amides is 2. The molecule has 0 saturated heterocycles. The summed E-state index contributed by atoms with van der Waals surface area (Å²) in [5.74, 6) is -0.534. The van der Waals surface area contributed by atoms with E-state index in [0.717, 1.165) is 34.1 Å². The molecule has 192 valence electrons. The van der Waals surface area contributed by atoms with Crippen LogP contribution >= 0.6 is 0 Å². The topological polar surface area (TPSA) is 96.3 Å². The molecule has 0 fully saturated rings. The van der Waals surface area contributed by atoms with E-state index in [4.69, 9.17) is 4.98 Å². The van der Waals surface area contributed by atoms with Gasteiger partial charge in [-0.3, -0.25) is 14.6 Å². The average molecular weight is 514 g/mol. The van der Waals surface area contributed by atoms with Gasteiger partial charge in [0.1, 0.15) is 0 Å². The zero-order valence-electron chi connectivity index (χ0n) is 21.7. The minimum atomic E-state index is -0.319. The second-order valence-electron chi connectivity index (χ2n) is 9.03. The molecule has 5 aromatic rings. The van der Waals surface area contributed by atoms with Crippen LogP contribution in [0.25, 0.3) is 22.2 Å². The summed E-state index contributed by atoms with van der Waals surface area (Å²) in [6.45, 7) is 3.93. The Morgan fingerprint density at radius 3 is 2.26 bits per heavy atom. The summed E-state index contributed by atoms with van der Waals surface area (Å²) in [6, 6.07) is 28.2. The molecule has 2 amide bonds. The van der Waals surface area contributed by atoms with Crippen LogP contribution in [0, 0.1) is 0 Å². The van der Waals surface area contributed by atoms with Crippen molar-refractivity contribution in [1.82, 2.24) is 15.4 Å². The number of benzene rings is 3. The quantitative estimate of drug-likeness (QED) is 0.198. The third-order valence-electron chi connectivity index (χ3n) is 6.45. The maximum Gasteiger partial charge on any atom is 0.272 e. The number of nitrogens with zero attached hydrogens (tertiary/aromatic N) is 3. The summed E-state index contributed by atoms with van der Waals surface area (Å²) >= 11 is 0. The van der Waals surface area contributed by atoms with Crippen LogP contribution in [0.4, 0.5) is 5.69 Å². The van der Waals surface area contributed by atoms with Crippen LogP contribution in [0.5, 0.6) is 0 Å². The molecule has 0 radical (unpaired) electrons. The Morgan fingerprint density at radius 2 is 1.54 bits per heavy atom. The number of rotatable bonds is 7. The number of hydrazone groups is 1. The van der Waals surface area contributed by atoms with Gasteiger partial charge in [-0.25, -0.2) is 10.4 Å². The lowest BCUT2D eigenvalue weighted by molar-refractivity contribution is 0.0955. The van der Waals surface area contributed by atoms with Crippen LogP contribution in [0.3, 0.4) is 0 Å². The van der Waals surface area contributed by atoms with Crippen molar-refractivity contribution in [3.05, 3.63) is 126 Å². The smallest absolute Gasteiger partial charge is 0.272 e. The lowest BCUT2D eigenvalue weighted by atomic mass is 10.0. The van der Waals surface area contributed by atoms with E-state index in [1.54, 1.807) is 36.7 Å². The fourth-order valence-electron chi connectivity index (χ4n) is 4.18. The fourth-order valence-corrected chi connectivity index (χ4v) is 4.18.